The SMILES string of the molecule is C/C(OC(=O)C(C)(C)C)=C1/C(=O)N(OC(=O)C(C)(C)C)c2cc(NS(C)(=O)=O)ccc21. The van der Waals surface area contributed by atoms with Gasteiger partial charge in [-0.2, -0.15) is 0 Å². The fourth-order valence-corrected chi connectivity index (χ4v) is 3.06. The molecule has 9 nitrogen and oxygen atoms in total. The number of fused-ring (bicyclic) bond motifs is 1. The van der Waals surface area contributed by atoms with Crippen LogP contribution in [0, 0.1) is 10.8 Å². The number of allylic oxidation sites excluding steroid dienone is 1. The van der Waals surface area contributed by atoms with E-state index in [0.717, 1.165) is 11.3 Å². The van der Waals surface area contributed by atoms with Crippen LogP contribution < -0.4 is 9.79 Å². The fourth-order valence-electron chi connectivity index (χ4n) is 2.51. The van der Waals surface area contributed by atoms with Crippen molar-refractivity contribution in [3.8, 4) is 0 Å². The minimum atomic E-state index is -3.58. The van der Waals surface area contributed by atoms with Crippen LogP contribution in [0.25, 0.3) is 5.57 Å². The monoisotopic (exact) mass is 452 g/mol. The van der Waals surface area contributed by atoms with Crippen LogP contribution in [0.5, 0.6) is 0 Å². The van der Waals surface area contributed by atoms with E-state index in [1.807, 2.05) is 0 Å². The van der Waals surface area contributed by atoms with Gasteiger partial charge in [0.15, 0.2) is 0 Å². The number of carbonyl (C=O) groups is 3. The maximum Gasteiger partial charge on any atom is 0.338 e. The molecule has 10 heteroatoms. The molecule has 0 bridgehead atoms. The lowest BCUT2D eigenvalue weighted by Gasteiger charge is -2.22. The van der Waals surface area contributed by atoms with Crippen molar-refractivity contribution in [1.29, 1.82) is 0 Å². The molecule has 1 N–H and O–H groups in total. The molecule has 0 unspecified atom stereocenters. The Morgan fingerprint density at radius 2 is 1.55 bits per heavy atom. The van der Waals surface area contributed by atoms with Gasteiger partial charge in [-0.1, -0.05) is 0 Å². The maximum absolute atomic E-state index is 13.2. The number of sulfonamides is 1. The number of nitrogens with zero attached hydrogens (tertiary/aromatic N) is 1. The number of hydrogen-bond acceptors (Lipinski definition) is 7. The summed E-state index contributed by atoms with van der Waals surface area (Å²) in [6, 6.07) is 4.33. The summed E-state index contributed by atoms with van der Waals surface area (Å²) in [6.45, 7) is 11.4. The molecular weight excluding hydrogens is 424 g/mol. The summed E-state index contributed by atoms with van der Waals surface area (Å²) in [7, 11) is -3.58. The Morgan fingerprint density at radius 3 is 2.03 bits per heavy atom. The molecule has 1 amide bonds. The zero-order valence-electron chi connectivity index (χ0n) is 18.9. The summed E-state index contributed by atoms with van der Waals surface area (Å²) >= 11 is 0. The highest BCUT2D eigenvalue weighted by molar-refractivity contribution is 7.92. The Labute approximate surface area is 182 Å². The van der Waals surface area contributed by atoms with Crippen LogP contribution in [0.3, 0.4) is 0 Å². The molecule has 0 spiro atoms. The topological polar surface area (TPSA) is 119 Å². The number of benzene rings is 1. The first kappa shape index (κ1) is 24.4. The van der Waals surface area contributed by atoms with E-state index >= 15 is 0 Å². The van der Waals surface area contributed by atoms with Gasteiger partial charge in [0.2, 0.25) is 10.0 Å². The van der Waals surface area contributed by atoms with Gasteiger partial charge in [0.25, 0.3) is 5.91 Å². The zero-order chi connectivity index (χ0) is 23.9. The third-order valence-electron chi connectivity index (χ3n) is 4.18. The number of esters is 1. The van der Waals surface area contributed by atoms with Gasteiger partial charge in [-0.05, 0) is 66.7 Å². The van der Waals surface area contributed by atoms with E-state index in [9.17, 15) is 22.8 Å². The number of rotatable bonds is 4. The number of hydrogen-bond donors (Lipinski definition) is 1. The summed E-state index contributed by atoms with van der Waals surface area (Å²) in [6.07, 6.45) is 0.990. The van der Waals surface area contributed by atoms with Crippen LogP contribution >= 0.6 is 0 Å². The molecule has 31 heavy (non-hydrogen) atoms. The predicted octanol–water partition coefficient (Wildman–Crippen LogP) is 3.23. The number of nitrogens with one attached hydrogen (secondary N) is 1. The average Bonchev–Trinajstić information content (AvgIpc) is 2.83. The molecule has 0 atom stereocenters. The van der Waals surface area contributed by atoms with E-state index in [1.165, 1.54) is 25.1 Å². The fraction of sp³-hybridized carbons (Fsp3) is 0.476. The third-order valence-corrected chi connectivity index (χ3v) is 4.79. The van der Waals surface area contributed by atoms with Crippen molar-refractivity contribution in [2.45, 2.75) is 48.5 Å². The number of anilines is 2. The van der Waals surface area contributed by atoms with E-state index in [-0.39, 0.29) is 22.7 Å². The molecule has 1 aromatic carbocycles. The van der Waals surface area contributed by atoms with Gasteiger partial charge < -0.3 is 9.57 Å². The van der Waals surface area contributed by atoms with Gasteiger partial charge in [0, 0.05) is 5.56 Å². The minimum Gasteiger partial charge on any atom is -0.430 e. The lowest BCUT2D eigenvalue weighted by atomic mass is 9.97. The number of hydroxylamine groups is 1. The second-order valence-corrected chi connectivity index (χ2v) is 11.2. The average molecular weight is 453 g/mol. The summed E-state index contributed by atoms with van der Waals surface area (Å²) in [4.78, 5) is 43.3. The smallest absolute Gasteiger partial charge is 0.338 e. The van der Waals surface area contributed by atoms with Gasteiger partial charge in [0.05, 0.1) is 34.0 Å². The first-order valence-electron chi connectivity index (χ1n) is 9.54. The molecule has 0 aliphatic carbocycles. The number of ether oxygens (including phenoxy) is 1. The van der Waals surface area contributed by atoms with Gasteiger partial charge in [-0.3, -0.25) is 14.3 Å². The van der Waals surface area contributed by atoms with Crippen LogP contribution in [0.2, 0.25) is 0 Å². The van der Waals surface area contributed by atoms with Crippen LogP contribution in [-0.2, 0) is 34.0 Å². The highest BCUT2D eigenvalue weighted by atomic mass is 32.2. The second kappa shape index (κ2) is 7.99. The molecule has 170 valence electrons. The van der Waals surface area contributed by atoms with Crippen molar-refractivity contribution in [2.24, 2.45) is 10.8 Å². The highest BCUT2D eigenvalue weighted by Crippen LogP contribution is 2.41. The summed E-state index contributed by atoms with van der Waals surface area (Å²) in [5, 5.41) is 0.792. The predicted molar refractivity (Wildman–Crippen MR) is 116 cm³/mol. The van der Waals surface area contributed by atoms with Crippen LogP contribution in [-0.4, -0.2) is 32.5 Å². The van der Waals surface area contributed by atoms with Crippen molar-refractivity contribution in [3.05, 3.63) is 29.5 Å². The van der Waals surface area contributed by atoms with Crippen molar-refractivity contribution in [1.82, 2.24) is 0 Å². The van der Waals surface area contributed by atoms with Gasteiger partial charge >= 0.3 is 11.9 Å². The van der Waals surface area contributed by atoms with Gasteiger partial charge in [-0.25, -0.2) is 13.2 Å². The van der Waals surface area contributed by atoms with Gasteiger partial charge in [-0.15, -0.1) is 5.06 Å². The van der Waals surface area contributed by atoms with E-state index < -0.39 is 38.7 Å². The van der Waals surface area contributed by atoms with Crippen molar-refractivity contribution in [3.63, 3.8) is 0 Å². The normalized spacial score (nSPS) is 16.0. The van der Waals surface area contributed by atoms with E-state index in [1.54, 1.807) is 41.5 Å². The van der Waals surface area contributed by atoms with Crippen LogP contribution in [0.15, 0.2) is 24.0 Å². The molecule has 2 rings (SSSR count). The molecule has 0 aromatic heterocycles. The Morgan fingerprint density at radius 1 is 1.00 bits per heavy atom. The Bertz CT molecular complexity index is 1070. The van der Waals surface area contributed by atoms with Crippen molar-refractivity contribution in [2.75, 3.05) is 16.0 Å². The molecular formula is C21H28N2O7S. The Hall–Kier alpha value is -2.88. The summed E-state index contributed by atoms with van der Waals surface area (Å²) in [5.41, 5.74) is -0.990. The molecule has 0 saturated heterocycles. The molecule has 1 heterocycles. The summed E-state index contributed by atoms with van der Waals surface area (Å²) < 4.78 is 30.9. The zero-order valence-corrected chi connectivity index (χ0v) is 19.8. The quantitative estimate of drug-likeness (QED) is 0.423. The van der Waals surface area contributed by atoms with E-state index in [4.69, 9.17) is 9.57 Å². The summed E-state index contributed by atoms with van der Waals surface area (Å²) in [5.74, 6) is -1.86. The molecule has 0 radical (unpaired) electrons. The Balaban J connectivity index is 2.60. The van der Waals surface area contributed by atoms with E-state index in [0.29, 0.717) is 5.56 Å². The first-order chi connectivity index (χ1) is 13.9. The molecule has 1 aliphatic rings. The second-order valence-electron chi connectivity index (χ2n) is 9.41. The van der Waals surface area contributed by atoms with Gasteiger partial charge in [0.1, 0.15) is 5.76 Å². The van der Waals surface area contributed by atoms with Crippen molar-refractivity contribution < 1.29 is 32.4 Å². The third kappa shape index (κ3) is 5.63. The number of carbonyl (C=O) groups excluding carboxylic acids is 3. The lowest BCUT2D eigenvalue weighted by Crippen LogP contribution is -2.35. The minimum absolute atomic E-state index is 0.0419. The van der Waals surface area contributed by atoms with E-state index in [2.05, 4.69) is 4.72 Å². The lowest BCUT2D eigenvalue weighted by molar-refractivity contribution is -0.157. The van der Waals surface area contributed by atoms with Crippen molar-refractivity contribution >= 4 is 44.8 Å². The maximum atomic E-state index is 13.2. The van der Waals surface area contributed by atoms with Crippen LogP contribution in [0.4, 0.5) is 11.4 Å². The molecule has 1 aliphatic heterocycles. The molecule has 0 saturated carbocycles. The molecule has 0 fully saturated rings. The standard InChI is InChI=1S/C21H28N2O7S/c1-12(29-18(25)20(2,3)4)16-14-10-9-13(22-31(8,27)28)11-15(14)23(17(16)24)30-19(26)21(5,6)7/h9-11,22H,1-8H3/b16-12-. The largest absolute Gasteiger partial charge is 0.430 e. The molecule has 1 aromatic rings. The Kier molecular flexibility index (Phi) is 6.29. The first-order valence-corrected chi connectivity index (χ1v) is 11.4. The van der Waals surface area contributed by atoms with Crippen LogP contribution in [0.1, 0.15) is 54.0 Å². The highest BCUT2D eigenvalue weighted by Gasteiger charge is 2.40. The number of amides is 1.